The molecule has 0 radical (unpaired) electrons. The highest BCUT2D eigenvalue weighted by Gasteiger charge is 2.18. The van der Waals surface area contributed by atoms with Gasteiger partial charge in [0.1, 0.15) is 0 Å². The molecule has 4 nitrogen and oxygen atoms in total. The summed E-state index contributed by atoms with van der Waals surface area (Å²) in [6.45, 7) is 0. The first-order chi connectivity index (χ1) is 19.7. The molecule has 0 aliphatic heterocycles. The number of para-hydroxylation sites is 2. The number of hydrogen-bond donors (Lipinski definition) is 4. The van der Waals surface area contributed by atoms with E-state index in [0.29, 0.717) is 10.2 Å². The second-order valence-electron chi connectivity index (χ2n) is 9.31. The molecule has 0 bridgehead atoms. The van der Waals surface area contributed by atoms with Crippen LogP contribution in [0.1, 0.15) is 0 Å². The third kappa shape index (κ3) is 5.50. The Balaban J connectivity index is 1.48. The topological polar surface area (TPSA) is 48.1 Å². The third-order valence-electron chi connectivity index (χ3n) is 6.67. The Labute approximate surface area is 244 Å². The van der Waals surface area contributed by atoms with Gasteiger partial charge in [-0.2, -0.15) is 0 Å². The molecule has 0 fully saturated rings. The van der Waals surface area contributed by atoms with Crippen molar-refractivity contribution < 1.29 is 0 Å². The molecule has 194 valence electrons. The summed E-state index contributed by atoms with van der Waals surface area (Å²) in [6.07, 6.45) is 0. The summed E-state index contributed by atoms with van der Waals surface area (Å²) < 4.78 is 0. The molecule has 0 amide bonds. The number of benzene rings is 6. The summed E-state index contributed by atoms with van der Waals surface area (Å²) >= 11 is 11.5. The molecule has 0 atom stereocenters. The van der Waals surface area contributed by atoms with Crippen LogP contribution in [0.3, 0.4) is 0 Å². The largest absolute Gasteiger partial charge is 0.332 e. The van der Waals surface area contributed by atoms with E-state index in [1.165, 1.54) is 0 Å². The molecule has 6 heteroatoms. The molecule has 6 aromatic rings. The van der Waals surface area contributed by atoms with Crippen LogP contribution in [0.25, 0.3) is 32.7 Å². The van der Waals surface area contributed by atoms with Crippen LogP contribution in [-0.4, -0.2) is 10.2 Å². The van der Waals surface area contributed by atoms with Gasteiger partial charge in [0.2, 0.25) is 0 Å². The van der Waals surface area contributed by atoms with Crippen LogP contribution >= 0.6 is 24.4 Å². The average molecular weight is 555 g/mol. The Bertz CT molecular complexity index is 1700. The van der Waals surface area contributed by atoms with Crippen molar-refractivity contribution in [2.75, 3.05) is 21.3 Å². The van der Waals surface area contributed by atoms with Crippen molar-refractivity contribution in [3.05, 3.63) is 133 Å². The molecule has 0 aliphatic rings. The van der Waals surface area contributed by atoms with Crippen LogP contribution in [0, 0.1) is 0 Å². The van der Waals surface area contributed by atoms with Crippen LogP contribution in [0.4, 0.5) is 22.7 Å². The Kier molecular flexibility index (Phi) is 7.35. The van der Waals surface area contributed by atoms with E-state index < -0.39 is 0 Å². The maximum atomic E-state index is 5.75. The maximum Gasteiger partial charge on any atom is 0.175 e. The molecule has 4 N–H and O–H groups in total. The zero-order chi connectivity index (χ0) is 27.3. The van der Waals surface area contributed by atoms with Gasteiger partial charge >= 0.3 is 0 Å². The molecule has 40 heavy (non-hydrogen) atoms. The van der Waals surface area contributed by atoms with Gasteiger partial charge in [-0.1, -0.05) is 97.1 Å². The highest BCUT2D eigenvalue weighted by atomic mass is 32.1. The molecule has 0 spiro atoms. The summed E-state index contributed by atoms with van der Waals surface area (Å²) in [5.41, 5.74) is 5.72. The minimum atomic E-state index is 0.513. The van der Waals surface area contributed by atoms with Gasteiger partial charge in [0, 0.05) is 33.9 Å². The lowest BCUT2D eigenvalue weighted by atomic mass is 9.91. The number of nitrogens with one attached hydrogen (secondary N) is 4. The fourth-order valence-corrected chi connectivity index (χ4v) is 5.36. The fourth-order valence-electron chi connectivity index (χ4n) is 4.90. The van der Waals surface area contributed by atoms with Crippen molar-refractivity contribution in [1.29, 1.82) is 0 Å². The van der Waals surface area contributed by atoms with Crippen molar-refractivity contribution in [3.8, 4) is 11.1 Å². The van der Waals surface area contributed by atoms with Crippen molar-refractivity contribution >= 4 is 79.0 Å². The van der Waals surface area contributed by atoms with Gasteiger partial charge in [-0.3, -0.25) is 0 Å². The first-order valence-corrected chi connectivity index (χ1v) is 13.8. The number of hydrogen-bond acceptors (Lipinski definition) is 2. The molecule has 0 unspecified atom stereocenters. The lowest BCUT2D eigenvalue weighted by Gasteiger charge is -2.21. The van der Waals surface area contributed by atoms with Gasteiger partial charge in [-0.25, -0.2) is 0 Å². The molecule has 0 saturated heterocycles. The number of rotatable bonds is 5. The summed E-state index contributed by atoms with van der Waals surface area (Å²) in [5, 5.41) is 19.1. The number of fused-ring (bicyclic) bond motifs is 2. The first-order valence-electron chi connectivity index (χ1n) is 13.0. The van der Waals surface area contributed by atoms with E-state index in [1.807, 2.05) is 60.7 Å². The molecule has 0 heterocycles. The van der Waals surface area contributed by atoms with Gasteiger partial charge < -0.3 is 21.3 Å². The minimum Gasteiger partial charge on any atom is -0.332 e. The standard InChI is InChI=1S/C34H26N4S2/c39-33(35-25-13-3-1-4-14-25)37-29-21-19-23-11-7-9-17-27(23)31(29)32-28-18-10-8-12-24(28)20-22-30(32)38-34(40)36-26-15-5-2-6-16-26/h1-22H,(H2,35,37,39)(H2,36,38,40). The molecule has 6 aromatic carbocycles. The first kappa shape index (κ1) is 25.5. The number of thiocarbonyl (C=S) groups is 2. The van der Waals surface area contributed by atoms with Gasteiger partial charge in [0.05, 0.1) is 0 Å². The molecule has 6 rings (SSSR count). The quantitative estimate of drug-likeness (QED) is 0.159. The van der Waals surface area contributed by atoms with Gasteiger partial charge in [-0.15, -0.1) is 0 Å². The smallest absolute Gasteiger partial charge is 0.175 e. The van der Waals surface area contributed by atoms with E-state index in [0.717, 1.165) is 55.4 Å². The Hall–Kier alpha value is -4.78. The monoisotopic (exact) mass is 554 g/mol. The van der Waals surface area contributed by atoms with Crippen LogP contribution in [-0.2, 0) is 0 Å². The normalized spacial score (nSPS) is 10.7. The van der Waals surface area contributed by atoms with E-state index in [9.17, 15) is 0 Å². The zero-order valence-electron chi connectivity index (χ0n) is 21.5. The Morgan fingerprint density at radius 3 is 1.18 bits per heavy atom. The fraction of sp³-hybridized carbons (Fsp3) is 0. The molecule has 0 saturated carbocycles. The van der Waals surface area contributed by atoms with E-state index in [-0.39, 0.29) is 0 Å². The van der Waals surface area contributed by atoms with E-state index >= 15 is 0 Å². The van der Waals surface area contributed by atoms with Gasteiger partial charge in [-0.05, 0) is 82.4 Å². The minimum absolute atomic E-state index is 0.513. The molecular weight excluding hydrogens is 529 g/mol. The van der Waals surface area contributed by atoms with E-state index in [1.54, 1.807) is 0 Å². The summed E-state index contributed by atoms with van der Waals surface area (Å²) in [7, 11) is 0. The maximum absolute atomic E-state index is 5.75. The highest BCUT2D eigenvalue weighted by Crippen LogP contribution is 2.43. The SMILES string of the molecule is S=C(Nc1ccccc1)Nc1ccc2ccccc2c1-c1c(NC(=S)Nc2ccccc2)ccc2ccccc12. The van der Waals surface area contributed by atoms with Crippen molar-refractivity contribution in [3.63, 3.8) is 0 Å². The predicted octanol–water partition coefficient (Wildman–Crippen LogP) is 9.28. The predicted molar refractivity (Wildman–Crippen MR) is 179 cm³/mol. The van der Waals surface area contributed by atoms with Crippen molar-refractivity contribution in [2.45, 2.75) is 0 Å². The van der Waals surface area contributed by atoms with Crippen LogP contribution in [0.2, 0.25) is 0 Å². The second kappa shape index (κ2) is 11.5. The zero-order valence-corrected chi connectivity index (χ0v) is 23.2. The number of anilines is 4. The van der Waals surface area contributed by atoms with Crippen molar-refractivity contribution in [1.82, 2.24) is 0 Å². The van der Waals surface area contributed by atoms with Gasteiger partial charge in [0.25, 0.3) is 0 Å². The highest BCUT2D eigenvalue weighted by molar-refractivity contribution is 7.81. The summed E-state index contributed by atoms with van der Waals surface area (Å²) in [6, 6.07) is 45.0. The second-order valence-corrected chi connectivity index (χ2v) is 10.1. The van der Waals surface area contributed by atoms with Crippen molar-refractivity contribution in [2.24, 2.45) is 0 Å². The van der Waals surface area contributed by atoms with Crippen LogP contribution in [0.5, 0.6) is 0 Å². The molecule has 0 aromatic heterocycles. The summed E-state index contributed by atoms with van der Waals surface area (Å²) in [5.74, 6) is 0. The Morgan fingerprint density at radius 2 is 0.750 bits per heavy atom. The Morgan fingerprint density at radius 1 is 0.375 bits per heavy atom. The lowest BCUT2D eigenvalue weighted by Crippen LogP contribution is -2.20. The van der Waals surface area contributed by atoms with E-state index in [2.05, 4.69) is 94.1 Å². The average Bonchev–Trinajstić information content (AvgIpc) is 2.98. The third-order valence-corrected chi connectivity index (χ3v) is 7.08. The molecule has 0 aliphatic carbocycles. The van der Waals surface area contributed by atoms with E-state index in [4.69, 9.17) is 24.4 Å². The lowest BCUT2D eigenvalue weighted by molar-refractivity contribution is 1.58. The molecular formula is C34H26N4S2. The van der Waals surface area contributed by atoms with Gasteiger partial charge in [0.15, 0.2) is 10.2 Å². The summed E-state index contributed by atoms with van der Waals surface area (Å²) in [4.78, 5) is 0. The van der Waals surface area contributed by atoms with Crippen LogP contribution in [0.15, 0.2) is 133 Å². The van der Waals surface area contributed by atoms with Crippen LogP contribution < -0.4 is 21.3 Å².